The molecule has 1 aromatic carbocycles. The average molecular weight is 322 g/mol. The predicted molar refractivity (Wildman–Crippen MR) is 77.1 cm³/mol. The van der Waals surface area contributed by atoms with E-state index >= 15 is 0 Å². The maximum absolute atomic E-state index is 10.7. The van der Waals surface area contributed by atoms with E-state index in [1.165, 1.54) is 6.07 Å². The third-order valence-electron chi connectivity index (χ3n) is 2.66. The summed E-state index contributed by atoms with van der Waals surface area (Å²) in [5, 5.41) is 13.9. The lowest BCUT2D eigenvalue weighted by Crippen LogP contribution is -2.08. The summed E-state index contributed by atoms with van der Waals surface area (Å²) in [5.41, 5.74) is 0.935. The predicted octanol–water partition coefficient (Wildman–Crippen LogP) is 3.93. The molecular weight excluding hydrogens is 310 g/mol. The Bertz CT molecular complexity index is 604. The molecule has 0 bridgehead atoms. The van der Waals surface area contributed by atoms with Crippen molar-refractivity contribution in [1.29, 1.82) is 0 Å². The fourth-order valence-electron chi connectivity index (χ4n) is 1.70. The number of nitrogens with zero attached hydrogens (tertiary/aromatic N) is 2. The van der Waals surface area contributed by atoms with Crippen molar-refractivity contribution in [3.05, 3.63) is 62.7 Å². The second-order valence-corrected chi connectivity index (χ2v) is 4.88. The standard InChI is InChI=1S/C13H12BrN3O2/c1-9(15-13-7-3-6-12(14)16-13)10-4-2-5-11(8-10)17(18)19/h2-9H,1H3,(H,15,16)/t9-/m0/s1. The molecule has 6 heteroatoms. The second-order valence-electron chi connectivity index (χ2n) is 4.06. The van der Waals surface area contributed by atoms with Crippen molar-refractivity contribution in [3.63, 3.8) is 0 Å². The summed E-state index contributed by atoms with van der Waals surface area (Å²) in [6, 6.07) is 12.1. The molecule has 0 fully saturated rings. The fraction of sp³-hybridized carbons (Fsp3) is 0.154. The first-order chi connectivity index (χ1) is 9.06. The van der Waals surface area contributed by atoms with E-state index in [1.54, 1.807) is 12.1 Å². The molecular formula is C13H12BrN3O2. The van der Waals surface area contributed by atoms with E-state index in [0.717, 1.165) is 10.2 Å². The molecule has 1 heterocycles. The number of non-ortho nitro benzene ring substituents is 1. The Hall–Kier alpha value is -1.95. The first kappa shape index (κ1) is 13.5. The van der Waals surface area contributed by atoms with E-state index in [0.29, 0.717) is 5.82 Å². The van der Waals surface area contributed by atoms with Gasteiger partial charge in [0.05, 0.1) is 11.0 Å². The Morgan fingerprint density at radius 1 is 1.32 bits per heavy atom. The quantitative estimate of drug-likeness (QED) is 0.526. The van der Waals surface area contributed by atoms with Crippen LogP contribution in [0.3, 0.4) is 0 Å². The van der Waals surface area contributed by atoms with Gasteiger partial charge in [-0.1, -0.05) is 18.2 Å². The summed E-state index contributed by atoms with van der Waals surface area (Å²) in [4.78, 5) is 14.6. The van der Waals surface area contributed by atoms with Gasteiger partial charge in [0.2, 0.25) is 0 Å². The molecule has 2 aromatic rings. The van der Waals surface area contributed by atoms with Crippen LogP contribution in [0.5, 0.6) is 0 Å². The Morgan fingerprint density at radius 2 is 2.05 bits per heavy atom. The van der Waals surface area contributed by atoms with Gasteiger partial charge < -0.3 is 5.32 Å². The lowest BCUT2D eigenvalue weighted by atomic mass is 10.1. The van der Waals surface area contributed by atoms with Crippen molar-refractivity contribution in [2.24, 2.45) is 0 Å². The van der Waals surface area contributed by atoms with E-state index in [4.69, 9.17) is 0 Å². The number of anilines is 1. The highest BCUT2D eigenvalue weighted by atomic mass is 79.9. The average Bonchev–Trinajstić information content (AvgIpc) is 2.39. The van der Waals surface area contributed by atoms with Crippen LogP contribution in [0.2, 0.25) is 0 Å². The smallest absolute Gasteiger partial charge is 0.269 e. The van der Waals surface area contributed by atoms with Gasteiger partial charge >= 0.3 is 0 Å². The molecule has 0 spiro atoms. The lowest BCUT2D eigenvalue weighted by molar-refractivity contribution is -0.384. The Morgan fingerprint density at radius 3 is 2.74 bits per heavy atom. The highest BCUT2D eigenvalue weighted by molar-refractivity contribution is 9.10. The zero-order valence-corrected chi connectivity index (χ0v) is 11.8. The van der Waals surface area contributed by atoms with E-state index < -0.39 is 4.92 Å². The van der Waals surface area contributed by atoms with Crippen molar-refractivity contribution < 1.29 is 4.92 Å². The summed E-state index contributed by atoms with van der Waals surface area (Å²) in [6.07, 6.45) is 0. The Kier molecular flexibility index (Phi) is 4.11. The number of rotatable bonds is 4. The van der Waals surface area contributed by atoms with Crippen molar-refractivity contribution in [2.75, 3.05) is 5.32 Å². The number of nitro benzene ring substituents is 1. The van der Waals surface area contributed by atoms with Gasteiger partial charge in [0.1, 0.15) is 10.4 Å². The van der Waals surface area contributed by atoms with Gasteiger partial charge in [0, 0.05) is 12.1 Å². The van der Waals surface area contributed by atoms with Crippen LogP contribution in [0.1, 0.15) is 18.5 Å². The summed E-state index contributed by atoms with van der Waals surface area (Å²) >= 11 is 3.30. The molecule has 2 rings (SSSR count). The monoisotopic (exact) mass is 321 g/mol. The zero-order valence-electron chi connectivity index (χ0n) is 10.2. The highest BCUT2D eigenvalue weighted by Crippen LogP contribution is 2.22. The summed E-state index contributed by atoms with van der Waals surface area (Å²) in [5.74, 6) is 0.716. The molecule has 0 saturated carbocycles. The minimum absolute atomic E-state index is 0.0679. The number of nitro groups is 1. The Balaban J connectivity index is 2.18. The molecule has 19 heavy (non-hydrogen) atoms. The zero-order chi connectivity index (χ0) is 13.8. The minimum atomic E-state index is -0.395. The molecule has 0 radical (unpaired) electrons. The maximum Gasteiger partial charge on any atom is 0.269 e. The van der Waals surface area contributed by atoms with Crippen molar-refractivity contribution in [2.45, 2.75) is 13.0 Å². The number of pyridine rings is 1. The number of hydrogen-bond donors (Lipinski definition) is 1. The van der Waals surface area contributed by atoms with Crippen molar-refractivity contribution in [3.8, 4) is 0 Å². The van der Waals surface area contributed by atoms with E-state index in [2.05, 4.69) is 26.2 Å². The third-order valence-corrected chi connectivity index (χ3v) is 3.10. The molecule has 1 N–H and O–H groups in total. The lowest BCUT2D eigenvalue weighted by Gasteiger charge is -2.14. The van der Waals surface area contributed by atoms with Crippen molar-refractivity contribution >= 4 is 27.4 Å². The third kappa shape index (κ3) is 3.51. The maximum atomic E-state index is 10.7. The number of aromatic nitrogens is 1. The van der Waals surface area contributed by atoms with Crippen LogP contribution in [-0.4, -0.2) is 9.91 Å². The minimum Gasteiger partial charge on any atom is -0.364 e. The molecule has 0 amide bonds. The summed E-state index contributed by atoms with van der Waals surface area (Å²) < 4.78 is 0.740. The number of hydrogen-bond acceptors (Lipinski definition) is 4. The van der Waals surface area contributed by atoms with Gasteiger partial charge in [0.15, 0.2) is 0 Å². The van der Waals surface area contributed by atoms with Crippen LogP contribution in [0.15, 0.2) is 47.1 Å². The highest BCUT2D eigenvalue weighted by Gasteiger charge is 2.11. The van der Waals surface area contributed by atoms with Crippen LogP contribution in [0, 0.1) is 10.1 Å². The van der Waals surface area contributed by atoms with Gasteiger partial charge in [-0.05, 0) is 40.5 Å². The first-order valence-corrected chi connectivity index (χ1v) is 6.49. The van der Waals surface area contributed by atoms with Crippen LogP contribution in [0.4, 0.5) is 11.5 Å². The molecule has 0 aliphatic carbocycles. The van der Waals surface area contributed by atoms with Gasteiger partial charge in [-0.15, -0.1) is 0 Å². The molecule has 0 aliphatic heterocycles. The van der Waals surface area contributed by atoms with E-state index in [1.807, 2.05) is 31.2 Å². The first-order valence-electron chi connectivity index (χ1n) is 5.70. The van der Waals surface area contributed by atoms with E-state index in [-0.39, 0.29) is 11.7 Å². The van der Waals surface area contributed by atoms with Crippen LogP contribution in [0.25, 0.3) is 0 Å². The molecule has 1 aromatic heterocycles. The van der Waals surface area contributed by atoms with Gasteiger partial charge in [0.25, 0.3) is 5.69 Å². The normalized spacial score (nSPS) is 11.9. The Labute approximate surface area is 119 Å². The van der Waals surface area contributed by atoms with Crippen molar-refractivity contribution in [1.82, 2.24) is 4.98 Å². The molecule has 1 atom stereocenters. The number of benzene rings is 1. The number of halogens is 1. The molecule has 0 aliphatic rings. The topological polar surface area (TPSA) is 68.1 Å². The van der Waals surface area contributed by atoms with Crippen LogP contribution < -0.4 is 5.32 Å². The summed E-state index contributed by atoms with van der Waals surface area (Å²) in [6.45, 7) is 1.93. The molecule has 98 valence electrons. The van der Waals surface area contributed by atoms with Gasteiger partial charge in [-0.3, -0.25) is 10.1 Å². The van der Waals surface area contributed by atoms with Gasteiger partial charge in [-0.25, -0.2) is 4.98 Å². The summed E-state index contributed by atoms with van der Waals surface area (Å²) in [7, 11) is 0. The second kappa shape index (κ2) is 5.79. The molecule has 0 saturated heterocycles. The van der Waals surface area contributed by atoms with E-state index in [9.17, 15) is 10.1 Å². The van der Waals surface area contributed by atoms with Crippen LogP contribution in [-0.2, 0) is 0 Å². The van der Waals surface area contributed by atoms with Crippen LogP contribution >= 0.6 is 15.9 Å². The number of nitrogens with one attached hydrogen (secondary N) is 1. The molecule has 5 nitrogen and oxygen atoms in total. The largest absolute Gasteiger partial charge is 0.364 e. The SMILES string of the molecule is C[C@H](Nc1cccc(Br)n1)c1cccc([N+](=O)[O-])c1. The van der Waals surface area contributed by atoms with Gasteiger partial charge in [-0.2, -0.15) is 0 Å². The molecule has 0 unspecified atom stereocenters. The fourth-order valence-corrected chi connectivity index (χ4v) is 2.05.